The van der Waals surface area contributed by atoms with Gasteiger partial charge in [0.05, 0.1) is 19.7 Å². The SMILES string of the molecule is CCCCCCCCCCCOP(=O)([O-])ON1C=NCC1.[Na+]. The van der Waals surface area contributed by atoms with Gasteiger partial charge in [-0.05, 0) is 6.42 Å². The second-order valence-electron chi connectivity index (χ2n) is 5.35. The Balaban J connectivity index is 0.00000441. The van der Waals surface area contributed by atoms with Gasteiger partial charge in [0.25, 0.3) is 7.82 Å². The Morgan fingerprint density at radius 1 is 1.14 bits per heavy atom. The molecular formula is C14H28N2NaO4P. The Kier molecular flexibility index (Phi) is 14.3. The van der Waals surface area contributed by atoms with Gasteiger partial charge in [-0.1, -0.05) is 58.3 Å². The van der Waals surface area contributed by atoms with E-state index in [9.17, 15) is 9.46 Å². The number of hydrogen-bond donors (Lipinski definition) is 0. The van der Waals surface area contributed by atoms with E-state index >= 15 is 0 Å². The molecule has 0 saturated heterocycles. The Morgan fingerprint density at radius 2 is 1.73 bits per heavy atom. The molecule has 124 valence electrons. The smallest absolute Gasteiger partial charge is 0.755 e. The van der Waals surface area contributed by atoms with Crippen LogP contribution >= 0.6 is 7.82 Å². The summed E-state index contributed by atoms with van der Waals surface area (Å²) < 4.78 is 21.1. The molecule has 1 atom stereocenters. The monoisotopic (exact) mass is 342 g/mol. The molecule has 0 fully saturated rings. The summed E-state index contributed by atoms with van der Waals surface area (Å²) >= 11 is 0. The molecule has 6 nitrogen and oxygen atoms in total. The third kappa shape index (κ3) is 12.1. The number of phosphoric acid groups is 1. The zero-order valence-electron chi connectivity index (χ0n) is 14.0. The maximum Gasteiger partial charge on any atom is 1.00 e. The van der Waals surface area contributed by atoms with Gasteiger partial charge in [0.15, 0.2) is 0 Å². The predicted molar refractivity (Wildman–Crippen MR) is 81.9 cm³/mol. The number of phosphoric ester groups is 1. The van der Waals surface area contributed by atoms with E-state index < -0.39 is 7.82 Å². The minimum Gasteiger partial charge on any atom is -0.755 e. The van der Waals surface area contributed by atoms with Crippen LogP contribution in [0.3, 0.4) is 0 Å². The molecule has 1 heterocycles. The number of hydrogen-bond acceptors (Lipinski definition) is 6. The van der Waals surface area contributed by atoms with Crippen molar-refractivity contribution in [2.24, 2.45) is 4.99 Å². The molecular weight excluding hydrogens is 314 g/mol. The van der Waals surface area contributed by atoms with Gasteiger partial charge in [-0.15, -0.1) is 0 Å². The molecule has 0 aromatic rings. The Morgan fingerprint density at radius 3 is 2.27 bits per heavy atom. The molecule has 22 heavy (non-hydrogen) atoms. The first-order valence-corrected chi connectivity index (χ1v) is 9.52. The van der Waals surface area contributed by atoms with Gasteiger partial charge in [0.1, 0.15) is 6.34 Å². The molecule has 0 bridgehead atoms. The van der Waals surface area contributed by atoms with Crippen LogP contribution < -0.4 is 34.5 Å². The van der Waals surface area contributed by atoms with Crippen LogP contribution in [-0.2, 0) is 13.7 Å². The first-order valence-electron chi connectivity index (χ1n) is 8.06. The van der Waals surface area contributed by atoms with Gasteiger partial charge < -0.3 is 9.42 Å². The molecule has 0 aliphatic carbocycles. The second kappa shape index (κ2) is 14.0. The summed E-state index contributed by atoms with van der Waals surface area (Å²) in [6.45, 7) is 3.42. The minimum atomic E-state index is -4.23. The number of rotatable bonds is 13. The molecule has 0 radical (unpaired) electrons. The number of aliphatic imine (C=N–C) groups is 1. The van der Waals surface area contributed by atoms with E-state index in [0.717, 1.165) is 19.3 Å². The van der Waals surface area contributed by atoms with Crippen LogP contribution in [0.2, 0.25) is 0 Å². The molecule has 1 aliphatic rings. The van der Waals surface area contributed by atoms with Crippen molar-refractivity contribution in [3.8, 4) is 0 Å². The molecule has 0 amide bonds. The fourth-order valence-corrected chi connectivity index (χ4v) is 2.95. The average molecular weight is 342 g/mol. The van der Waals surface area contributed by atoms with Crippen molar-refractivity contribution in [1.29, 1.82) is 0 Å². The minimum absolute atomic E-state index is 0. The average Bonchev–Trinajstić information content (AvgIpc) is 2.93. The molecule has 0 aromatic carbocycles. The van der Waals surface area contributed by atoms with Crippen molar-refractivity contribution < 1.29 is 48.2 Å². The molecule has 0 aromatic heterocycles. The summed E-state index contributed by atoms with van der Waals surface area (Å²) in [6, 6.07) is 0. The van der Waals surface area contributed by atoms with Crippen molar-refractivity contribution in [1.82, 2.24) is 5.06 Å². The molecule has 1 unspecified atom stereocenters. The van der Waals surface area contributed by atoms with Crippen molar-refractivity contribution in [3.05, 3.63) is 0 Å². The summed E-state index contributed by atoms with van der Waals surface area (Å²) in [4.78, 5) is 15.4. The maximum atomic E-state index is 11.5. The summed E-state index contributed by atoms with van der Waals surface area (Å²) in [5, 5.41) is 1.18. The molecule has 1 rings (SSSR count). The standard InChI is InChI=1S/C14H29N2O4P.Na/c1-2-3-4-5-6-7-8-9-10-13-19-21(17,18)20-16-12-11-15-14-16;/h14H,2-13H2,1H3,(H,17,18);/q;+1/p-1. The van der Waals surface area contributed by atoms with E-state index in [1.54, 1.807) is 0 Å². The summed E-state index contributed by atoms with van der Waals surface area (Å²) in [6.07, 6.45) is 12.0. The van der Waals surface area contributed by atoms with Gasteiger partial charge >= 0.3 is 29.6 Å². The third-order valence-corrected chi connectivity index (χ3v) is 4.27. The van der Waals surface area contributed by atoms with Gasteiger partial charge in [-0.25, -0.2) is 5.06 Å². The topological polar surface area (TPSA) is 74.2 Å². The summed E-state index contributed by atoms with van der Waals surface area (Å²) in [5.74, 6) is 0. The summed E-state index contributed by atoms with van der Waals surface area (Å²) in [7, 11) is -4.23. The van der Waals surface area contributed by atoms with Gasteiger partial charge in [0, 0.05) is 0 Å². The Bertz CT molecular complexity index is 345. The number of unbranched alkanes of at least 4 members (excludes halogenated alkanes) is 8. The summed E-state index contributed by atoms with van der Waals surface area (Å²) in [5.41, 5.74) is 0. The normalized spacial score (nSPS) is 16.5. The van der Waals surface area contributed by atoms with Crippen LogP contribution in [0.1, 0.15) is 64.7 Å². The Labute approximate surface area is 156 Å². The molecule has 1 aliphatic heterocycles. The second-order valence-corrected chi connectivity index (χ2v) is 6.67. The fourth-order valence-electron chi connectivity index (χ4n) is 2.17. The van der Waals surface area contributed by atoms with Crippen LogP contribution in [0.15, 0.2) is 4.99 Å². The van der Waals surface area contributed by atoms with Crippen LogP contribution in [-0.4, -0.2) is 31.1 Å². The van der Waals surface area contributed by atoms with E-state index in [-0.39, 0.29) is 36.2 Å². The quantitative estimate of drug-likeness (QED) is 0.273. The van der Waals surface area contributed by atoms with Crippen LogP contribution in [0.25, 0.3) is 0 Å². The van der Waals surface area contributed by atoms with E-state index in [1.807, 2.05) is 0 Å². The van der Waals surface area contributed by atoms with Crippen molar-refractivity contribution in [2.45, 2.75) is 64.7 Å². The molecule has 0 N–H and O–H groups in total. The fraction of sp³-hybridized carbons (Fsp3) is 0.929. The van der Waals surface area contributed by atoms with Crippen molar-refractivity contribution >= 4 is 14.2 Å². The van der Waals surface area contributed by atoms with Crippen LogP contribution in [0.5, 0.6) is 0 Å². The van der Waals surface area contributed by atoms with Gasteiger partial charge in [-0.3, -0.25) is 9.56 Å². The first-order chi connectivity index (χ1) is 10.1. The van der Waals surface area contributed by atoms with Crippen LogP contribution in [0, 0.1) is 0 Å². The molecule has 8 heteroatoms. The van der Waals surface area contributed by atoms with E-state index in [0.29, 0.717) is 13.1 Å². The van der Waals surface area contributed by atoms with E-state index in [2.05, 4.69) is 11.9 Å². The molecule has 0 saturated carbocycles. The van der Waals surface area contributed by atoms with Gasteiger partial charge in [-0.2, -0.15) is 4.62 Å². The van der Waals surface area contributed by atoms with Gasteiger partial charge in [0.2, 0.25) is 0 Å². The predicted octanol–water partition coefficient (Wildman–Crippen LogP) is 0.282. The molecule has 0 spiro atoms. The number of hydroxylamine groups is 2. The largest absolute Gasteiger partial charge is 1.00 e. The van der Waals surface area contributed by atoms with E-state index in [4.69, 9.17) is 9.15 Å². The number of nitrogens with zero attached hydrogens (tertiary/aromatic N) is 2. The maximum absolute atomic E-state index is 11.5. The zero-order valence-corrected chi connectivity index (χ0v) is 16.9. The third-order valence-electron chi connectivity index (χ3n) is 3.36. The van der Waals surface area contributed by atoms with E-state index in [1.165, 1.54) is 49.9 Å². The van der Waals surface area contributed by atoms with Crippen molar-refractivity contribution in [2.75, 3.05) is 19.7 Å². The Hall–Kier alpha value is 0.580. The van der Waals surface area contributed by atoms with Crippen molar-refractivity contribution in [3.63, 3.8) is 0 Å². The van der Waals surface area contributed by atoms with Crippen LogP contribution in [0.4, 0.5) is 0 Å². The first kappa shape index (κ1) is 22.6. The zero-order chi connectivity index (χ0) is 15.4.